The molecule has 2 aromatic rings. The summed E-state index contributed by atoms with van der Waals surface area (Å²) in [6.07, 6.45) is 1.67. The van der Waals surface area contributed by atoms with Crippen LogP contribution < -0.4 is 4.90 Å². The maximum absolute atomic E-state index is 13.2. The van der Waals surface area contributed by atoms with Gasteiger partial charge in [0.2, 0.25) is 0 Å². The summed E-state index contributed by atoms with van der Waals surface area (Å²) in [6.45, 7) is 5.70. The van der Waals surface area contributed by atoms with E-state index in [1.807, 2.05) is 38.1 Å². The minimum absolute atomic E-state index is 0.265. The molecule has 138 valence electrons. The fourth-order valence-electron chi connectivity index (χ4n) is 3.33. The fraction of sp³-hybridized carbons (Fsp3) is 0.182. The van der Waals surface area contributed by atoms with Crippen molar-refractivity contribution in [2.24, 2.45) is 0 Å². The van der Waals surface area contributed by atoms with E-state index >= 15 is 0 Å². The van der Waals surface area contributed by atoms with E-state index in [4.69, 9.17) is 16.3 Å². The number of benzene rings is 2. The summed E-state index contributed by atoms with van der Waals surface area (Å²) in [7, 11) is 1.31. The minimum atomic E-state index is -0.541. The lowest BCUT2D eigenvalue weighted by Gasteiger charge is -2.19. The standard InChI is InChI=1S/C22H20ClNO3/c1-13-8-14(2)10-18(9-13)24-15(3)20(22(26)27-4)19(21(24)25)12-16-6-5-7-17(23)11-16/h5-12H,1-4H3/b19-12-. The monoisotopic (exact) mass is 381 g/mol. The first-order valence-electron chi connectivity index (χ1n) is 8.51. The number of amides is 1. The van der Waals surface area contributed by atoms with Crippen LogP contribution in [0.3, 0.4) is 0 Å². The lowest BCUT2D eigenvalue weighted by atomic mass is 10.0. The van der Waals surface area contributed by atoms with E-state index in [1.54, 1.807) is 36.1 Å². The van der Waals surface area contributed by atoms with Crippen molar-refractivity contribution in [3.63, 3.8) is 0 Å². The first-order valence-corrected chi connectivity index (χ1v) is 8.89. The molecule has 0 N–H and O–H groups in total. The number of halogens is 1. The maximum atomic E-state index is 13.2. The molecule has 0 aromatic heterocycles. The minimum Gasteiger partial charge on any atom is -0.465 e. The highest BCUT2D eigenvalue weighted by molar-refractivity contribution is 6.30. The van der Waals surface area contributed by atoms with Gasteiger partial charge in [-0.25, -0.2) is 4.79 Å². The van der Waals surface area contributed by atoms with E-state index in [9.17, 15) is 9.59 Å². The average Bonchev–Trinajstić information content (AvgIpc) is 2.83. The molecular formula is C22H20ClNO3. The second kappa shape index (κ2) is 7.41. The Labute approximate surface area is 163 Å². The molecule has 0 spiro atoms. The normalized spacial score (nSPS) is 15.7. The average molecular weight is 382 g/mol. The fourth-order valence-corrected chi connectivity index (χ4v) is 3.53. The quantitative estimate of drug-likeness (QED) is 0.565. The van der Waals surface area contributed by atoms with Crippen molar-refractivity contribution < 1.29 is 14.3 Å². The van der Waals surface area contributed by atoms with Crippen LogP contribution in [0.1, 0.15) is 23.6 Å². The topological polar surface area (TPSA) is 46.6 Å². The molecule has 0 saturated heterocycles. The number of anilines is 1. The Kier molecular flexibility index (Phi) is 5.19. The summed E-state index contributed by atoms with van der Waals surface area (Å²) in [5, 5.41) is 0.557. The van der Waals surface area contributed by atoms with Crippen molar-refractivity contribution in [2.45, 2.75) is 20.8 Å². The van der Waals surface area contributed by atoms with Crippen molar-refractivity contribution in [1.29, 1.82) is 0 Å². The molecule has 0 radical (unpaired) electrons. The molecule has 4 nitrogen and oxygen atoms in total. The molecule has 0 fully saturated rings. The molecular weight excluding hydrogens is 362 g/mol. The smallest absolute Gasteiger partial charge is 0.340 e. The van der Waals surface area contributed by atoms with Crippen molar-refractivity contribution >= 4 is 35.2 Å². The molecule has 0 aliphatic carbocycles. The van der Waals surface area contributed by atoms with Crippen molar-refractivity contribution in [1.82, 2.24) is 0 Å². The van der Waals surface area contributed by atoms with Gasteiger partial charge in [0.1, 0.15) is 0 Å². The van der Waals surface area contributed by atoms with Gasteiger partial charge in [0, 0.05) is 16.4 Å². The van der Waals surface area contributed by atoms with Crippen LogP contribution in [-0.4, -0.2) is 19.0 Å². The molecule has 1 aliphatic heterocycles. The predicted molar refractivity (Wildman–Crippen MR) is 108 cm³/mol. The molecule has 2 aromatic carbocycles. The van der Waals surface area contributed by atoms with Gasteiger partial charge in [0.05, 0.1) is 18.3 Å². The van der Waals surface area contributed by atoms with Crippen LogP contribution in [0.4, 0.5) is 5.69 Å². The van der Waals surface area contributed by atoms with Gasteiger partial charge in [-0.1, -0.05) is 29.8 Å². The maximum Gasteiger partial charge on any atom is 0.340 e. The first kappa shape index (κ1) is 18.9. The van der Waals surface area contributed by atoms with Crippen LogP contribution in [0.5, 0.6) is 0 Å². The van der Waals surface area contributed by atoms with Crippen molar-refractivity contribution in [2.75, 3.05) is 12.0 Å². The van der Waals surface area contributed by atoms with Gasteiger partial charge < -0.3 is 4.74 Å². The Morgan fingerprint density at radius 2 is 1.74 bits per heavy atom. The van der Waals surface area contributed by atoms with Crippen LogP contribution in [0.2, 0.25) is 5.02 Å². The van der Waals surface area contributed by atoms with Gasteiger partial charge in [-0.05, 0) is 67.8 Å². The van der Waals surface area contributed by atoms with E-state index < -0.39 is 5.97 Å². The molecule has 0 bridgehead atoms. The number of methoxy groups -OCH3 is 1. The number of esters is 1. The molecule has 1 amide bonds. The van der Waals surface area contributed by atoms with Crippen molar-refractivity contribution in [3.05, 3.63) is 81.0 Å². The molecule has 0 atom stereocenters. The molecule has 27 heavy (non-hydrogen) atoms. The number of aryl methyl sites for hydroxylation is 2. The summed E-state index contributed by atoms with van der Waals surface area (Å²) < 4.78 is 4.93. The first-order chi connectivity index (χ1) is 12.8. The van der Waals surface area contributed by atoms with Gasteiger partial charge in [-0.15, -0.1) is 0 Å². The number of rotatable bonds is 3. The number of carbonyl (C=O) groups excluding carboxylic acids is 2. The Balaban J connectivity index is 2.17. The molecule has 1 heterocycles. The second-order valence-corrected chi connectivity index (χ2v) is 6.99. The van der Waals surface area contributed by atoms with E-state index in [1.165, 1.54) is 7.11 Å². The predicted octanol–water partition coefficient (Wildman–Crippen LogP) is 4.83. The Morgan fingerprint density at radius 3 is 2.33 bits per heavy atom. The number of nitrogens with zero attached hydrogens (tertiary/aromatic N) is 1. The lowest BCUT2D eigenvalue weighted by molar-refractivity contribution is -0.136. The molecule has 5 heteroatoms. The zero-order valence-electron chi connectivity index (χ0n) is 15.7. The van der Waals surface area contributed by atoms with E-state index in [-0.39, 0.29) is 11.5 Å². The van der Waals surface area contributed by atoms with Gasteiger partial charge in [-0.2, -0.15) is 0 Å². The molecule has 3 rings (SSSR count). The highest BCUT2D eigenvalue weighted by Gasteiger charge is 2.38. The summed E-state index contributed by atoms with van der Waals surface area (Å²) in [5.74, 6) is -0.807. The molecule has 0 unspecified atom stereocenters. The Bertz CT molecular complexity index is 984. The molecule has 1 aliphatic rings. The zero-order chi connectivity index (χ0) is 19.7. The van der Waals surface area contributed by atoms with Gasteiger partial charge in [-0.3, -0.25) is 9.69 Å². The summed E-state index contributed by atoms with van der Waals surface area (Å²) >= 11 is 6.05. The summed E-state index contributed by atoms with van der Waals surface area (Å²) in [5.41, 5.74) is 4.65. The highest BCUT2D eigenvalue weighted by Crippen LogP contribution is 2.36. The van der Waals surface area contributed by atoms with Gasteiger partial charge in [0.15, 0.2) is 0 Å². The van der Waals surface area contributed by atoms with Crippen LogP contribution in [0, 0.1) is 13.8 Å². The van der Waals surface area contributed by atoms with E-state index in [0.717, 1.165) is 22.4 Å². The number of hydrogen-bond acceptors (Lipinski definition) is 3. The van der Waals surface area contributed by atoms with Gasteiger partial charge in [0.25, 0.3) is 5.91 Å². The summed E-state index contributed by atoms with van der Waals surface area (Å²) in [6, 6.07) is 13.0. The third-order valence-electron chi connectivity index (χ3n) is 4.41. The Hall–Kier alpha value is -2.85. The van der Waals surface area contributed by atoms with E-state index in [2.05, 4.69) is 0 Å². The number of hydrogen-bond donors (Lipinski definition) is 0. The highest BCUT2D eigenvalue weighted by atomic mass is 35.5. The number of carbonyl (C=O) groups is 2. The third-order valence-corrected chi connectivity index (χ3v) is 4.65. The second-order valence-electron chi connectivity index (χ2n) is 6.55. The van der Waals surface area contributed by atoms with Gasteiger partial charge >= 0.3 is 5.97 Å². The van der Waals surface area contributed by atoms with Crippen LogP contribution in [0.15, 0.2) is 59.3 Å². The zero-order valence-corrected chi connectivity index (χ0v) is 16.4. The number of ether oxygens (including phenoxy) is 1. The van der Waals surface area contributed by atoms with E-state index in [0.29, 0.717) is 16.3 Å². The third kappa shape index (κ3) is 3.67. The lowest BCUT2D eigenvalue weighted by Crippen LogP contribution is -2.24. The van der Waals surface area contributed by atoms with Crippen LogP contribution in [0.25, 0.3) is 6.08 Å². The van der Waals surface area contributed by atoms with Crippen LogP contribution in [-0.2, 0) is 14.3 Å². The SMILES string of the molecule is COC(=O)C1=C(C)N(c2cc(C)cc(C)c2)C(=O)/C1=C\c1cccc(Cl)c1. The Morgan fingerprint density at radius 1 is 1.07 bits per heavy atom. The van der Waals surface area contributed by atoms with Crippen molar-refractivity contribution in [3.8, 4) is 0 Å². The molecule has 0 saturated carbocycles. The largest absolute Gasteiger partial charge is 0.465 e. The summed E-state index contributed by atoms with van der Waals surface area (Å²) in [4.78, 5) is 27.2. The number of allylic oxidation sites excluding steroid dienone is 1. The van der Waals surface area contributed by atoms with Crippen LogP contribution >= 0.6 is 11.6 Å².